The minimum absolute atomic E-state index is 0.0398. The Morgan fingerprint density at radius 1 is 1.06 bits per heavy atom. The van der Waals surface area contributed by atoms with E-state index >= 15 is 0 Å². The number of halogens is 3. The van der Waals surface area contributed by atoms with E-state index in [1.165, 1.54) is 44.4 Å². The van der Waals surface area contributed by atoms with Crippen molar-refractivity contribution in [3.05, 3.63) is 53.6 Å². The van der Waals surface area contributed by atoms with E-state index in [0.717, 1.165) is 16.4 Å². The van der Waals surface area contributed by atoms with Gasteiger partial charge >= 0.3 is 18.2 Å². The molecule has 2 aromatic carbocycles. The number of anilines is 2. The first-order chi connectivity index (χ1) is 15.4. The number of esters is 1. The van der Waals surface area contributed by atoms with E-state index in [1.54, 1.807) is 0 Å². The minimum atomic E-state index is -4.49. The molecular formula is C21H22F3N3O5S. The van der Waals surface area contributed by atoms with Crippen molar-refractivity contribution in [1.82, 2.24) is 4.31 Å². The predicted octanol–water partition coefficient (Wildman–Crippen LogP) is 3.98. The summed E-state index contributed by atoms with van der Waals surface area (Å²) in [6, 6.07) is 6.95. The number of rotatable bonds is 5. The third-order valence-electron chi connectivity index (χ3n) is 5.19. The summed E-state index contributed by atoms with van der Waals surface area (Å²) in [5, 5.41) is 4.91. The SMILES string of the molecule is COC(=O)[C@@H]1CCCN1S(=O)(=O)c1ccc(NC(=O)Nc2ccc(C(F)(F)F)c(C)c2)cc1. The number of nitrogens with one attached hydrogen (secondary N) is 2. The fraction of sp³-hybridized carbons (Fsp3) is 0.333. The van der Waals surface area contributed by atoms with Gasteiger partial charge in [0.25, 0.3) is 0 Å². The molecule has 12 heteroatoms. The van der Waals surface area contributed by atoms with Gasteiger partial charge in [-0.1, -0.05) is 0 Å². The van der Waals surface area contributed by atoms with E-state index in [2.05, 4.69) is 15.4 Å². The zero-order chi connectivity index (χ0) is 24.4. The smallest absolute Gasteiger partial charge is 0.416 e. The molecule has 1 heterocycles. The van der Waals surface area contributed by atoms with Gasteiger partial charge in [0.2, 0.25) is 10.0 Å². The van der Waals surface area contributed by atoms with Crippen molar-refractivity contribution >= 4 is 33.4 Å². The van der Waals surface area contributed by atoms with Crippen LogP contribution in [0.3, 0.4) is 0 Å². The maximum atomic E-state index is 12.9. The zero-order valence-electron chi connectivity index (χ0n) is 17.8. The fourth-order valence-corrected chi connectivity index (χ4v) is 5.24. The number of hydrogen-bond acceptors (Lipinski definition) is 5. The Hall–Kier alpha value is -3.12. The number of carbonyl (C=O) groups excluding carboxylic acids is 2. The lowest BCUT2D eigenvalue weighted by Gasteiger charge is -2.22. The van der Waals surface area contributed by atoms with Gasteiger partial charge in [-0.25, -0.2) is 13.2 Å². The van der Waals surface area contributed by atoms with Crippen LogP contribution in [-0.4, -0.2) is 44.4 Å². The summed E-state index contributed by atoms with van der Waals surface area (Å²) in [4.78, 5) is 24.0. The molecule has 1 aliphatic heterocycles. The number of benzene rings is 2. The van der Waals surface area contributed by atoms with Crippen molar-refractivity contribution < 1.29 is 35.9 Å². The number of ether oxygens (including phenoxy) is 1. The molecule has 1 fully saturated rings. The van der Waals surface area contributed by atoms with Crippen molar-refractivity contribution in [3.8, 4) is 0 Å². The quantitative estimate of drug-likeness (QED) is 0.624. The predicted molar refractivity (Wildman–Crippen MR) is 114 cm³/mol. The zero-order valence-corrected chi connectivity index (χ0v) is 18.6. The van der Waals surface area contributed by atoms with Crippen molar-refractivity contribution in [1.29, 1.82) is 0 Å². The van der Waals surface area contributed by atoms with Crippen molar-refractivity contribution in [2.24, 2.45) is 0 Å². The molecule has 8 nitrogen and oxygen atoms in total. The van der Waals surface area contributed by atoms with Crippen LogP contribution in [-0.2, 0) is 25.7 Å². The Kier molecular flexibility index (Phi) is 6.98. The molecule has 2 N–H and O–H groups in total. The summed E-state index contributed by atoms with van der Waals surface area (Å²) in [6.45, 7) is 1.48. The van der Waals surface area contributed by atoms with Crippen LogP contribution < -0.4 is 10.6 Å². The molecule has 0 bridgehead atoms. The number of sulfonamides is 1. The van der Waals surface area contributed by atoms with Crippen LogP contribution in [0.15, 0.2) is 47.4 Å². The standard InChI is InChI=1S/C21H22F3N3O5S/c1-13-12-15(7-10-17(13)21(22,23)24)26-20(29)25-14-5-8-16(9-6-14)33(30,31)27-11-3-4-18(27)19(28)32-2/h5-10,12,18H,3-4,11H2,1-2H3,(H2,25,26,29)/t18-/m0/s1. The molecular weight excluding hydrogens is 463 g/mol. The number of nitrogens with zero attached hydrogens (tertiary/aromatic N) is 1. The Morgan fingerprint density at radius 3 is 2.24 bits per heavy atom. The first kappa shape index (κ1) is 24.5. The molecule has 178 valence electrons. The van der Waals surface area contributed by atoms with Gasteiger partial charge < -0.3 is 15.4 Å². The van der Waals surface area contributed by atoms with Crippen LogP contribution >= 0.6 is 0 Å². The van der Waals surface area contributed by atoms with Gasteiger partial charge in [0.15, 0.2) is 0 Å². The number of methoxy groups -OCH3 is 1. The highest BCUT2D eigenvalue weighted by Gasteiger charge is 2.40. The highest BCUT2D eigenvalue weighted by molar-refractivity contribution is 7.89. The number of urea groups is 1. The molecule has 2 amide bonds. The Morgan fingerprint density at radius 2 is 1.67 bits per heavy atom. The van der Waals surface area contributed by atoms with Gasteiger partial charge in [0.1, 0.15) is 6.04 Å². The van der Waals surface area contributed by atoms with E-state index in [1.807, 2.05) is 0 Å². The average Bonchev–Trinajstić information content (AvgIpc) is 3.23. The van der Waals surface area contributed by atoms with Crippen LogP contribution in [0.2, 0.25) is 0 Å². The van der Waals surface area contributed by atoms with E-state index in [0.29, 0.717) is 12.8 Å². The van der Waals surface area contributed by atoms with Crippen LogP contribution in [0.25, 0.3) is 0 Å². The van der Waals surface area contributed by atoms with Crippen LogP contribution in [0.1, 0.15) is 24.0 Å². The normalized spacial score (nSPS) is 16.9. The Balaban J connectivity index is 1.67. The third-order valence-corrected chi connectivity index (χ3v) is 7.11. The number of aryl methyl sites for hydroxylation is 1. The van der Waals surface area contributed by atoms with Crippen molar-refractivity contribution in [2.45, 2.75) is 36.9 Å². The van der Waals surface area contributed by atoms with Gasteiger partial charge in [-0.2, -0.15) is 17.5 Å². The Labute approximate surface area is 188 Å². The van der Waals surface area contributed by atoms with Crippen molar-refractivity contribution in [3.63, 3.8) is 0 Å². The van der Waals surface area contributed by atoms with Gasteiger partial charge in [-0.15, -0.1) is 0 Å². The van der Waals surface area contributed by atoms with Gasteiger partial charge in [-0.3, -0.25) is 4.79 Å². The van der Waals surface area contributed by atoms with Gasteiger partial charge in [0, 0.05) is 17.9 Å². The monoisotopic (exact) mass is 485 g/mol. The summed E-state index contributed by atoms with van der Waals surface area (Å²) in [5.41, 5.74) is -0.402. The van der Waals surface area contributed by atoms with E-state index in [9.17, 15) is 31.2 Å². The first-order valence-electron chi connectivity index (χ1n) is 9.89. The lowest BCUT2D eigenvalue weighted by Crippen LogP contribution is -2.41. The number of carbonyl (C=O) groups is 2. The average molecular weight is 485 g/mol. The summed E-state index contributed by atoms with van der Waals surface area (Å²) < 4.78 is 70.2. The van der Waals surface area contributed by atoms with E-state index in [-0.39, 0.29) is 28.4 Å². The maximum Gasteiger partial charge on any atom is 0.416 e. The largest absolute Gasteiger partial charge is 0.468 e. The third kappa shape index (κ3) is 5.45. The van der Waals surface area contributed by atoms with Gasteiger partial charge in [-0.05, 0) is 67.8 Å². The number of amides is 2. The molecule has 0 aromatic heterocycles. The highest BCUT2D eigenvalue weighted by atomic mass is 32.2. The minimum Gasteiger partial charge on any atom is -0.468 e. The van der Waals surface area contributed by atoms with Crippen LogP contribution in [0.4, 0.5) is 29.3 Å². The summed E-state index contributed by atoms with van der Waals surface area (Å²) in [7, 11) is -2.75. The summed E-state index contributed by atoms with van der Waals surface area (Å²) in [5.74, 6) is -0.621. The second-order valence-electron chi connectivity index (χ2n) is 7.43. The topological polar surface area (TPSA) is 105 Å². The molecule has 33 heavy (non-hydrogen) atoms. The maximum absolute atomic E-state index is 12.9. The summed E-state index contributed by atoms with van der Waals surface area (Å²) in [6.07, 6.45) is -3.59. The molecule has 2 aromatic rings. The van der Waals surface area contributed by atoms with Crippen LogP contribution in [0.5, 0.6) is 0 Å². The van der Waals surface area contributed by atoms with Crippen molar-refractivity contribution in [2.75, 3.05) is 24.3 Å². The molecule has 0 radical (unpaired) electrons. The Bertz CT molecular complexity index is 1150. The molecule has 0 saturated carbocycles. The number of hydrogen-bond donors (Lipinski definition) is 2. The lowest BCUT2D eigenvalue weighted by molar-refractivity contribution is -0.144. The first-order valence-corrected chi connectivity index (χ1v) is 11.3. The van der Waals surface area contributed by atoms with Gasteiger partial charge in [0.05, 0.1) is 17.6 Å². The molecule has 1 aliphatic rings. The summed E-state index contributed by atoms with van der Waals surface area (Å²) >= 11 is 0. The molecule has 0 aliphatic carbocycles. The molecule has 1 atom stereocenters. The van der Waals surface area contributed by atoms with E-state index in [4.69, 9.17) is 0 Å². The van der Waals surface area contributed by atoms with Crippen LogP contribution in [0, 0.1) is 6.92 Å². The lowest BCUT2D eigenvalue weighted by atomic mass is 10.1. The second kappa shape index (κ2) is 9.40. The molecule has 0 spiro atoms. The molecule has 1 saturated heterocycles. The molecule has 0 unspecified atom stereocenters. The fourth-order valence-electron chi connectivity index (χ4n) is 3.60. The highest BCUT2D eigenvalue weighted by Crippen LogP contribution is 2.33. The second-order valence-corrected chi connectivity index (χ2v) is 9.32. The van der Waals surface area contributed by atoms with E-state index < -0.39 is 39.8 Å². The number of alkyl halides is 3. The molecule has 3 rings (SSSR count).